The van der Waals surface area contributed by atoms with Crippen LogP contribution < -0.4 is 5.73 Å². The lowest BCUT2D eigenvalue weighted by Gasteiger charge is -2.34. The van der Waals surface area contributed by atoms with Crippen LogP contribution in [0.1, 0.15) is 25.3 Å². The molecule has 1 fully saturated rings. The number of nitrogens with two attached hydrogens (primary N) is 1. The first-order chi connectivity index (χ1) is 10.1. The van der Waals surface area contributed by atoms with E-state index in [0.717, 1.165) is 39.0 Å². The molecule has 0 radical (unpaired) electrons. The van der Waals surface area contributed by atoms with Gasteiger partial charge in [-0.3, -0.25) is 4.79 Å². The van der Waals surface area contributed by atoms with E-state index in [2.05, 4.69) is 42.3 Å². The van der Waals surface area contributed by atoms with E-state index in [0.29, 0.717) is 5.92 Å². The predicted molar refractivity (Wildman–Crippen MR) is 85.7 cm³/mol. The smallest absolute Gasteiger partial charge is 0.239 e. The van der Waals surface area contributed by atoms with Crippen molar-refractivity contribution in [3.63, 3.8) is 0 Å². The number of benzene rings is 1. The highest BCUT2D eigenvalue weighted by atomic mass is 16.2. The highest BCUT2D eigenvalue weighted by Gasteiger charge is 2.24. The average molecular weight is 289 g/mol. The van der Waals surface area contributed by atoms with E-state index < -0.39 is 0 Å². The zero-order chi connectivity index (χ0) is 15.2. The molecule has 1 aliphatic heterocycles. The van der Waals surface area contributed by atoms with Crippen LogP contribution in [-0.4, -0.2) is 48.4 Å². The van der Waals surface area contributed by atoms with Gasteiger partial charge in [0.2, 0.25) is 5.91 Å². The summed E-state index contributed by atoms with van der Waals surface area (Å²) in [7, 11) is 2.17. The number of nitrogens with zero attached hydrogens (tertiary/aromatic N) is 2. The molecule has 4 nitrogen and oxygen atoms in total. The van der Waals surface area contributed by atoms with Gasteiger partial charge in [-0.2, -0.15) is 0 Å². The molecular weight excluding hydrogens is 262 g/mol. The summed E-state index contributed by atoms with van der Waals surface area (Å²) in [5, 5.41) is 0. The molecule has 1 heterocycles. The summed E-state index contributed by atoms with van der Waals surface area (Å²) in [6.45, 7) is 5.55. The molecule has 0 spiro atoms. The standard InChI is InChI=1S/C17H27N3O/c1-14(18)17(21)20-10-8-16(9-11-20)13-19(2)12-15-6-4-3-5-7-15/h3-7,14,16H,8-13,18H2,1-2H3. The fraction of sp³-hybridized carbons (Fsp3) is 0.588. The van der Waals surface area contributed by atoms with Crippen LogP contribution in [0.5, 0.6) is 0 Å². The molecule has 2 N–H and O–H groups in total. The number of piperidine rings is 1. The number of likely N-dealkylation sites (tertiary alicyclic amines) is 1. The SMILES string of the molecule is CC(N)C(=O)N1CCC(CN(C)Cc2ccccc2)CC1. The second kappa shape index (κ2) is 7.57. The van der Waals surface area contributed by atoms with Gasteiger partial charge in [0.25, 0.3) is 0 Å². The first kappa shape index (κ1) is 16.0. The summed E-state index contributed by atoms with van der Waals surface area (Å²) in [5.41, 5.74) is 7.02. The van der Waals surface area contributed by atoms with Gasteiger partial charge in [0.1, 0.15) is 0 Å². The van der Waals surface area contributed by atoms with Gasteiger partial charge in [-0.15, -0.1) is 0 Å². The van der Waals surface area contributed by atoms with Gasteiger partial charge in [-0.1, -0.05) is 30.3 Å². The largest absolute Gasteiger partial charge is 0.341 e. The average Bonchev–Trinajstić information content (AvgIpc) is 2.48. The quantitative estimate of drug-likeness (QED) is 0.897. The van der Waals surface area contributed by atoms with Crippen LogP contribution >= 0.6 is 0 Å². The molecule has 1 unspecified atom stereocenters. The van der Waals surface area contributed by atoms with Crippen LogP contribution in [0.25, 0.3) is 0 Å². The maximum atomic E-state index is 11.9. The van der Waals surface area contributed by atoms with Gasteiger partial charge in [0.15, 0.2) is 0 Å². The monoisotopic (exact) mass is 289 g/mol. The summed E-state index contributed by atoms with van der Waals surface area (Å²) in [5.74, 6) is 0.766. The normalized spacial score (nSPS) is 18.0. The van der Waals surface area contributed by atoms with Crippen molar-refractivity contribution in [3.05, 3.63) is 35.9 Å². The minimum absolute atomic E-state index is 0.0890. The third-order valence-corrected chi connectivity index (χ3v) is 4.18. The van der Waals surface area contributed by atoms with Crippen LogP contribution in [0.3, 0.4) is 0 Å². The first-order valence-corrected chi connectivity index (χ1v) is 7.83. The third-order valence-electron chi connectivity index (χ3n) is 4.18. The van der Waals surface area contributed by atoms with Crippen molar-refractivity contribution < 1.29 is 4.79 Å². The fourth-order valence-electron chi connectivity index (χ4n) is 3.02. The Balaban J connectivity index is 1.74. The van der Waals surface area contributed by atoms with Crippen LogP contribution in [0.4, 0.5) is 0 Å². The van der Waals surface area contributed by atoms with E-state index in [9.17, 15) is 4.79 Å². The molecule has 0 aromatic heterocycles. The summed E-state index contributed by atoms with van der Waals surface area (Å²) in [6, 6.07) is 10.2. The van der Waals surface area contributed by atoms with Crippen LogP contribution in [0.15, 0.2) is 30.3 Å². The highest BCUT2D eigenvalue weighted by Crippen LogP contribution is 2.19. The minimum Gasteiger partial charge on any atom is -0.341 e. The van der Waals surface area contributed by atoms with E-state index in [1.165, 1.54) is 5.56 Å². The van der Waals surface area contributed by atoms with Crippen LogP contribution in [-0.2, 0) is 11.3 Å². The summed E-state index contributed by atoms with van der Waals surface area (Å²) < 4.78 is 0. The zero-order valence-electron chi connectivity index (χ0n) is 13.2. The molecule has 4 heteroatoms. The molecule has 0 bridgehead atoms. The molecule has 1 aromatic carbocycles. The van der Waals surface area contributed by atoms with Gasteiger partial charge in [0, 0.05) is 26.2 Å². The molecule has 2 rings (SSSR count). The Labute approximate surface area is 127 Å². The molecule has 1 aromatic rings. The van der Waals surface area contributed by atoms with Gasteiger partial charge < -0.3 is 15.5 Å². The second-order valence-electron chi connectivity index (χ2n) is 6.24. The Morgan fingerprint density at radius 2 is 1.95 bits per heavy atom. The lowest BCUT2D eigenvalue weighted by atomic mass is 9.95. The van der Waals surface area contributed by atoms with E-state index in [1.807, 2.05) is 4.90 Å². The Morgan fingerprint density at radius 1 is 1.33 bits per heavy atom. The summed E-state index contributed by atoms with van der Waals surface area (Å²) >= 11 is 0. The van der Waals surface area contributed by atoms with Crippen molar-refractivity contribution >= 4 is 5.91 Å². The topological polar surface area (TPSA) is 49.6 Å². The Hall–Kier alpha value is -1.39. The lowest BCUT2D eigenvalue weighted by molar-refractivity contribution is -0.133. The number of hydrogen-bond acceptors (Lipinski definition) is 3. The third kappa shape index (κ3) is 4.83. The summed E-state index contributed by atoms with van der Waals surface area (Å²) in [4.78, 5) is 16.2. The molecule has 1 aliphatic rings. The Morgan fingerprint density at radius 3 is 2.52 bits per heavy atom. The Bertz CT molecular complexity index is 439. The molecule has 1 amide bonds. The fourth-order valence-corrected chi connectivity index (χ4v) is 3.02. The van der Waals surface area contributed by atoms with Crippen molar-refractivity contribution in [3.8, 4) is 0 Å². The molecule has 1 atom stereocenters. The van der Waals surface area contributed by atoms with E-state index in [-0.39, 0.29) is 11.9 Å². The van der Waals surface area contributed by atoms with Crippen molar-refractivity contribution in [2.75, 3.05) is 26.7 Å². The highest BCUT2D eigenvalue weighted by molar-refractivity contribution is 5.81. The molecule has 1 saturated heterocycles. The predicted octanol–water partition coefficient (Wildman–Crippen LogP) is 1.70. The van der Waals surface area contributed by atoms with Gasteiger partial charge in [-0.25, -0.2) is 0 Å². The second-order valence-corrected chi connectivity index (χ2v) is 6.24. The van der Waals surface area contributed by atoms with E-state index >= 15 is 0 Å². The minimum atomic E-state index is -0.373. The number of carbonyl (C=O) groups is 1. The van der Waals surface area contributed by atoms with Crippen molar-refractivity contribution in [1.29, 1.82) is 0 Å². The maximum absolute atomic E-state index is 11.9. The van der Waals surface area contributed by atoms with Gasteiger partial charge in [0.05, 0.1) is 6.04 Å². The Kier molecular flexibility index (Phi) is 5.76. The lowest BCUT2D eigenvalue weighted by Crippen LogP contribution is -2.46. The molecule has 0 saturated carbocycles. The van der Waals surface area contributed by atoms with Gasteiger partial charge in [-0.05, 0) is 38.3 Å². The first-order valence-electron chi connectivity index (χ1n) is 7.83. The molecule has 21 heavy (non-hydrogen) atoms. The number of hydrogen-bond donors (Lipinski definition) is 1. The van der Waals surface area contributed by atoms with Crippen LogP contribution in [0, 0.1) is 5.92 Å². The maximum Gasteiger partial charge on any atom is 0.239 e. The van der Waals surface area contributed by atoms with Gasteiger partial charge >= 0.3 is 0 Å². The van der Waals surface area contributed by atoms with Crippen molar-refractivity contribution in [2.24, 2.45) is 11.7 Å². The molecule has 116 valence electrons. The van der Waals surface area contributed by atoms with E-state index in [4.69, 9.17) is 5.73 Å². The number of carbonyl (C=O) groups excluding carboxylic acids is 1. The van der Waals surface area contributed by atoms with Crippen molar-refractivity contribution in [1.82, 2.24) is 9.80 Å². The zero-order valence-corrected chi connectivity index (χ0v) is 13.2. The molecular formula is C17H27N3O. The summed E-state index contributed by atoms with van der Waals surface area (Å²) in [6.07, 6.45) is 2.16. The molecule has 0 aliphatic carbocycles. The van der Waals surface area contributed by atoms with Crippen molar-refractivity contribution in [2.45, 2.75) is 32.4 Å². The number of amides is 1. The number of rotatable bonds is 5. The van der Waals surface area contributed by atoms with E-state index in [1.54, 1.807) is 6.92 Å². The van der Waals surface area contributed by atoms with Crippen LogP contribution in [0.2, 0.25) is 0 Å².